The molecule has 0 fully saturated rings. The smallest absolute Gasteiger partial charge is 0.120 e. The van der Waals surface area contributed by atoms with Gasteiger partial charge in [0.05, 0.1) is 0 Å². The first-order valence-corrected chi connectivity index (χ1v) is 8.04. The quantitative estimate of drug-likeness (QED) is 0.245. The molecule has 0 bridgehead atoms. The third kappa shape index (κ3) is 26.7. The Bertz CT molecular complexity index is 196. The highest BCUT2D eigenvalue weighted by Crippen LogP contribution is 2.07. The van der Waals surface area contributed by atoms with E-state index in [1.807, 2.05) is 31.2 Å². The van der Waals surface area contributed by atoms with Crippen LogP contribution >= 0.6 is 0 Å². The molecule has 0 aliphatic heterocycles. The van der Waals surface area contributed by atoms with Gasteiger partial charge in [0.15, 0.2) is 0 Å². The van der Waals surface area contributed by atoms with Crippen molar-refractivity contribution < 1.29 is 4.79 Å². The second-order valence-corrected chi connectivity index (χ2v) is 4.82. The second kappa shape index (κ2) is 22.3. The minimum Gasteiger partial charge on any atom is -0.303 e. The summed E-state index contributed by atoms with van der Waals surface area (Å²) in [6, 6.07) is 0. The predicted molar refractivity (Wildman–Crippen MR) is 87.5 cm³/mol. The number of hydrogen-bond acceptors (Lipinski definition) is 1. The molecule has 0 aromatic heterocycles. The van der Waals surface area contributed by atoms with E-state index in [1.54, 1.807) is 0 Å². The monoisotopic (exact) mass is 266 g/mol. The van der Waals surface area contributed by atoms with Crippen LogP contribution in [0.15, 0.2) is 24.3 Å². The van der Waals surface area contributed by atoms with Gasteiger partial charge in [0, 0.05) is 6.42 Å². The minimum atomic E-state index is 0.633. The van der Waals surface area contributed by atoms with Crippen LogP contribution in [0.3, 0.4) is 0 Å². The molecule has 0 aliphatic carbocycles. The molecule has 0 spiro atoms. The summed E-state index contributed by atoms with van der Waals surface area (Å²) in [6.07, 6.45) is 21.7. The Labute approximate surface area is 121 Å². The van der Waals surface area contributed by atoms with Crippen LogP contribution in [0.4, 0.5) is 0 Å². The van der Waals surface area contributed by atoms with E-state index < -0.39 is 0 Å². The topological polar surface area (TPSA) is 17.1 Å². The third-order valence-corrected chi connectivity index (χ3v) is 2.85. The summed E-state index contributed by atoms with van der Waals surface area (Å²) in [5.74, 6) is 0. The van der Waals surface area contributed by atoms with Crippen molar-refractivity contribution in [3.63, 3.8) is 0 Å². The number of carbonyl (C=O) groups is 1. The summed E-state index contributed by atoms with van der Waals surface area (Å²) in [7, 11) is 0. The van der Waals surface area contributed by atoms with E-state index in [4.69, 9.17) is 0 Å². The largest absolute Gasteiger partial charge is 0.303 e. The van der Waals surface area contributed by atoms with Crippen molar-refractivity contribution in [1.29, 1.82) is 0 Å². The molecule has 0 aliphatic rings. The van der Waals surface area contributed by atoms with Crippen LogP contribution in [-0.4, -0.2) is 6.29 Å². The van der Waals surface area contributed by atoms with E-state index in [1.165, 1.54) is 51.4 Å². The van der Waals surface area contributed by atoms with Gasteiger partial charge in [-0.3, -0.25) is 0 Å². The van der Waals surface area contributed by atoms with E-state index >= 15 is 0 Å². The molecule has 0 aromatic rings. The summed E-state index contributed by atoms with van der Waals surface area (Å²) in [5.41, 5.74) is 0. The lowest BCUT2D eigenvalue weighted by atomic mass is 10.1. The Hall–Kier alpha value is -0.850. The van der Waals surface area contributed by atoms with Crippen LogP contribution < -0.4 is 0 Å². The fourth-order valence-corrected chi connectivity index (χ4v) is 1.66. The predicted octanol–water partition coefficient (Wildman–Crippen LogP) is 6.24. The Morgan fingerprint density at radius 1 is 0.737 bits per heavy atom. The molecule has 1 nitrogen and oxygen atoms in total. The summed E-state index contributed by atoms with van der Waals surface area (Å²) in [4.78, 5) is 9.79. The second-order valence-electron chi connectivity index (χ2n) is 4.82. The van der Waals surface area contributed by atoms with Gasteiger partial charge in [-0.2, -0.15) is 0 Å². The van der Waals surface area contributed by atoms with Crippen molar-refractivity contribution in [2.45, 2.75) is 85.0 Å². The maximum atomic E-state index is 9.79. The first-order valence-electron chi connectivity index (χ1n) is 8.04. The average Bonchev–Trinajstić information content (AvgIpc) is 2.43. The zero-order valence-corrected chi connectivity index (χ0v) is 13.4. The van der Waals surface area contributed by atoms with E-state index in [2.05, 4.69) is 13.8 Å². The van der Waals surface area contributed by atoms with Crippen LogP contribution in [0.25, 0.3) is 0 Å². The fourth-order valence-electron chi connectivity index (χ4n) is 1.66. The van der Waals surface area contributed by atoms with Gasteiger partial charge in [-0.25, -0.2) is 0 Å². The molecular formula is C18H34O. The number of aldehydes is 1. The standard InChI is InChI=1S/C10H22.C8H12O/c1-3-5-7-9-10-8-6-4-2;1-2-3-4-5-6-7-8-9/h3-10H2,1-2H3;2-5,8H,6-7H2,1H3. The Kier molecular flexibility index (Phi) is 24.1. The van der Waals surface area contributed by atoms with Crippen LogP contribution in [0.2, 0.25) is 0 Å². The highest BCUT2D eigenvalue weighted by atomic mass is 16.1. The number of rotatable bonds is 11. The van der Waals surface area contributed by atoms with Crippen LogP contribution in [0, 0.1) is 0 Å². The SMILES string of the molecule is CC=CC=CCCC=O.CCCCCCCCCC. The normalized spacial score (nSPS) is 10.7. The van der Waals surface area contributed by atoms with Gasteiger partial charge in [-0.05, 0) is 13.3 Å². The fraction of sp³-hybridized carbons (Fsp3) is 0.722. The van der Waals surface area contributed by atoms with Gasteiger partial charge < -0.3 is 4.79 Å². The van der Waals surface area contributed by atoms with Gasteiger partial charge in [0.1, 0.15) is 6.29 Å². The molecule has 1 heteroatoms. The lowest BCUT2D eigenvalue weighted by molar-refractivity contribution is -0.107. The maximum absolute atomic E-state index is 9.79. The molecule has 0 saturated carbocycles. The van der Waals surface area contributed by atoms with Crippen molar-refractivity contribution in [2.24, 2.45) is 0 Å². The minimum absolute atomic E-state index is 0.633. The van der Waals surface area contributed by atoms with Crippen LogP contribution in [0.5, 0.6) is 0 Å². The zero-order chi connectivity index (χ0) is 14.6. The molecule has 0 atom stereocenters. The molecular weight excluding hydrogens is 232 g/mol. The number of carbonyl (C=O) groups excluding carboxylic acids is 1. The molecule has 0 unspecified atom stereocenters. The number of allylic oxidation sites excluding steroid dienone is 4. The Morgan fingerprint density at radius 3 is 1.68 bits per heavy atom. The van der Waals surface area contributed by atoms with Gasteiger partial charge >= 0.3 is 0 Å². The molecule has 0 amide bonds. The van der Waals surface area contributed by atoms with E-state index in [0.717, 1.165) is 12.7 Å². The first kappa shape index (κ1) is 20.5. The molecule has 0 rings (SSSR count). The number of unbranched alkanes of at least 4 members (excludes halogenated alkanes) is 8. The summed E-state index contributed by atoms with van der Waals surface area (Å²) in [6.45, 7) is 6.50. The highest BCUT2D eigenvalue weighted by Gasteiger charge is 1.87. The summed E-state index contributed by atoms with van der Waals surface area (Å²) >= 11 is 0. The maximum Gasteiger partial charge on any atom is 0.120 e. The van der Waals surface area contributed by atoms with E-state index in [-0.39, 0.29) is 0 Å². The summed E-state index contributed by atoms with van der Waals surface area (Å²) in [5, 5.41) is 0. The molecule has 0 heterocycles. The molecule has 112 valence electrons. The average molecular weight is 266 g/mol. The lowest BCUT2D eigenvalue weighted by Gasteiger charge is -1.97. The van der Waals surface area contributed by atoms with E-state index in [0.29, 0.717) is 6.42 Å². The lowest BCUT2D eigenvalue weighted by Crippen LogP contribution is -1.77. The van der Waals surface area contributed by atoms with E-state index in [9.17, 15) is 4.79 Å². The number of hydrogen-bond donors (Lipinski definition) is 0. The molecule has 0 aromatic carbocycles. The zero-order valence-electron chi connectivity index (χ0n) is 13.4. The molecule has 0 radical (unpaired) electrons. The Balaban J connectivity index is 0. The van der Waals surface area contributed by atoms with Gasteiger partial charge in [0.2, 0.25) is 0 Å². The van der Waals surface area contributed by atoms with Crippen molar-refractivity contribution in [2.75, 3.05) is 0 Å². The van der Waals surface area contributed by atoms with Crippen LogP contribution in [-0.2, 0) is 4.79 Å². The molecule has 19 heavy (non-hydrogen) atoms. The van der Waals surface area contributed by atoms with Crippen molar-refractivity contribution >= 4 is 6.29 Å². The Morgan fingerprint density at radius 2 is 1.26 bits per heavy atom. The van der Waals surface area contributed by atoms with Gasteiger partial charge in [0.25, 0.3) is 0 Å². The van der Waals surface area contributed by atoms with Crippen molar-refractivity contribution in [1.82, 2.24) is 0 Å². The highest BCUT2D eigenvalue weighted by molar-refractivity contribution is 5.49. The van der Waals surface area contributed by atoms with Crippen molar-refractivity contribution in [3.05, 3.63) is 24.3 Å². The van der Waals surface area contributed by atoms with Crippen LogP contribution in [0.1, 0.15) is 85.0 Å². The first-order chi connectivity index (χ1) is 9.33. The molecule has 0 saturated heterocycles. The van der Waals surface area contributed by atoms with Gasteiger partial charge in [-0.1, -0.05) is 89.5 Å². The summed E-state index contributed by atoms with van der Waals surface area (Å²) < 4.78 is 0. The third-order valence-electron chi connectivity index (χ3n) is 2.85. The van der Waals surface area contributed by atoms with Gasteiger partial charge in [-0.15, -0.1) is 0 Å². The van der Waals surface area contributed by atoms with Crippen molar-refractivity contribution in [3.8, 4) is 0 Å². The molecule has 0 N–H and O–H groups in total.